The van der Waals surface area contributed by atoms with E-state index in [1.807, 2.05) is 55.5 Å². The van der Waals surface area contributed by atoms with Gasteiger partial charge in [-0.1, -0.05) is 6.92 Å². The van der Waals surface area contributed by atoms with Crippen LogP contribution in [0, 0.1) is 0 Å². The molecule has 0 fully saturated rings. The van der Waals surface area contributed by atoms with Crippen molar-refractivity contribution in [3.8, 4) is 34.0 Å². The molecule has 0 radical (unpaired) electrons. The van der Waals surface area contributed by atoms with Crippen molar-refractivity contribution in [1.82, 2.24) is 15.2 Å². The molecule has 0 spiro atoms. The van der Waals surface area contributed by atoms with Gasteiger partial charge in [0.2, 0.25) is 0 Å². The molecule has 3 rings (SSSR count). The molecule has 6 nitrogen and oxygen atoms in total. The topological polar surface area (TPSA) is 83.2 Å². The summed E-state index contributed by atoms with van der Waals surface area (Å²) < 4.78 is 10.5. The fraction of sp³-hybridized carbons (Fsp3) is 0.250. The van der Waals surface area contributed by atoms with E-state index < -0.39 is 0 Å². The van der Waals surface area contributed by atoms with Gasteiger partial charge in [-0.25, -0.2) is 4.98 Å². The first-order valence-electron chi connectivity index (χ1n) is 8.45. The van der Waals surface area contributed by atoms with E-state index in [0.717, 1.165) is 34.7 Å². The van der Waals surface area contributed by atoms with Crippen LogP contribution in [0.15, 0.2) is 48.5 Å². The molecule has 26 heavy (non-hydrogen) atoms. The molecule has 0 aliphatic carbocycles. The Bertz CT molecular complexity index is 864. The molecule has 1 unspecified atom stereocenters. The van der Waals surface area contributed by atoms with Gasteiger partial charge in [-0.3, -0.25) is 0 Å². The lowest BCUT2D eigenvalue weighted by Gasteiger charge is -2.13. The molecule has 0 amide bonds. The zero-order valence-electron chi connectivity index (χ0n) is 15.1. The van der Waals surface area contributed by atoms with E-state index in [-0.39, 0.29) is 6.04 Å². The van der Waals surface area contributed by atoms with Crippen LogP contribution in [-0.4, -0.2) is 29.4 Å². The van der Waals surface area contributed by atoms with Crippen molar-refractivity contribution >= 4 is 0 Å². The molecule has 6 heteroatoms. The number of aromatic nitrogens is 3. The number of nitrogens with zero attached hydrogens (tertiary/aromatic N) is 3. The van der Waals surface area contributed by atoms with Gasteiger partial charge in [0.1, 0.15) is 22.9 Å². The second-order valence-electron chi connectivity index (χ2n) is 5.84. The number of nitrogens with two attached hydrogens (primary N) is 1. The fourth-order valence-corrected chi connectivity index (χ4v) is 2.57. The third-order valence-corrected chi connectivity index (χ3v) is 4.20. The summed E-state index contributed by atoms with van der Waals surface area (Å²) in [6.07, 6.45) is 0.742. The molecular weight excluding hydrogens is 328 g/mol. The van der Waals surface area contributed by atoms with Gasteiger partial charge in [0.25, 0.3) is 0 Å². The summed E-state index contributed by atoms with van der Waals surface area (Å²) in [5, 5.41) is 8.67. The first kappa shape index (κ1) is 17.8. The second-order valence-corrected chi connectivity index (χ2v) is 5.84. The zero-order chi connectivity index (χ0) is 18.5. The highest BCUT2D eigenvalue weighted by Gasteiger charge is 2.16. The summed E-state index contributed by atoms with van der Waals surface area (Å²) in [6.45, 7) is 2.00. The van der Waals surface area contributed by atoms with Crippen LogP contribution in [0.3, 0.4) is 0 Å². The van der Waals surface area contributed by atoms with Crippen LogP contribution in [0.2, 0.25) is 0 Å². The Balaban J connectivity index is 2.12. The first-order chi connectivity index (χ1) is 12.7. The zero-order valence-corrected chi connectivity index (χ0v) is 15.1. The van der Waals surface area contributed by atoms with E-state index in [0.29, 0.717) is 11.5 Å². The lowest BCUT2D eigenvalue weighted by molar-refractivity contribution is 0.414. The van der Waals surface area contributed by atoms with E-state index in [1.165, 1.54) is 0 Å². The van der Waals surface area contributed by atoms with Crippen molar-refractivity contribution in [2.24, 2.45) is 5.73 Å². The monoisotopic (exact) mass is 350 g/mol. The van der Waals surface area contributed by atoms with Crippen LogP contribution in [0.5, 0.6) is 11.5 Å². The molecule has 0 saturated carbocycles. The number of ether oxygens (including phenoxy) is 2. The van der Waals surface area contributed by atoms with Gasteiger partial charge in [0.05, 0.1) is 20.3 Å². The Kier molecular flexibility index (Phi) is 5.43. The quantitative estimate of drug-likeness (QED) is 0.731. The lowest BCUT2D eigenvalue weighted by Crippen LogP contribution is -2.15. The van der Waals surface area contributed by atoms with Crippen molar-refractivity contribution in [3.05, 3.63) is 54.4 Å². The van der Waals surface area contributed by atoms with Gasteiger partial charge >= 0.3 is 0 Å². The molecule has 0 saturated heterocycles. The number of hydrogen-bond donors (Lipinski definition) is 1. The van der Waals surface area contributed by atoms with Gasteiger partial charge in [0, 0.05) is 11.1 Å². The third kappa shape index (κ3) is 3.65. The van der Waals surface area contributed by atoms with Crippen LogP contribution in [-0.2, 0) is 0 Å². The minimum absolute atomic E-state index is 0.246. The van der Waals surface area contributed by atoms with E-state index in [2.05, 4.69) is 10.2 Å². The molecular formula is C20H22N4O2. The molecule has 1 aromatic heterocycles. The predicted octanol–water partition coefficient (Wildman–Crippen LogP) is 3.63. The predicted molar refractivity (Wildman–Crippen MR) is 101 cm³/mol. The van der Waals surface area contributed by atoms with Crippen molar-refractivity contribution in [2.45, 2.75) is 19.4 Å². The summed E-state index contributed by atoms with van der Waals surface area (Å²) in [7, 11) is 3.28. The minimum atomic E-state index is -0.246. The maximum atomic E-state index is 6.11. The molecule has 0 aliphatic heterocycles. The summed E-state index contributed by atoms with van der Waals surface area (Å²) >= 11 is 0. The minimum Gasteiger partial charge on any atom is -0.497 e. The molecule has 0 aliphatic rings. The first-order valence-corrected chi connectivity index (χ1v) is 8.45. The highest BCUT2D eigenvalue weighted by atomic mass is 16.5. The molecule has 2 aromatic carbocycles. The Morgan fingerprint density at radius 1 is 0.808 bits per heavy atom. The van der Waals surface area contributed by atoms with Crippen molar-refractivity contribution in [3.63, 3.8) is 0 Å². The Morgan fingerprint density at radius 3 is 1.77 bits per heavy atom. The van der Waals surface area contributed by atoms with Crippen LogP contribution in [0.25, 0.3) is 22.5 Å². The number of hydrogen-bond acceptors (Lipinski definition) is 6. The maximum Gasteiger partial charge on any atom is 0.168 e. The molecule has 134 valence electrons. The van der Waals surface area contributed by atoms with Gasteiger partial charge in [-0.05, 0) is 55.0 Å². The van der Waals surface area contributed by atoms with Crippen LogP contribution in [0.4, 0.5) is 0 Å². The van der Waals surface area contributed by atoms with Crippen LogP contribution in [0.1, 0.15) is 25.2 Å². The number of methoxy groups -OCH3 is 2. The molecule has 1 atom stereocenters. The van der Waals surface area contributed by atoms with Crippen LogP contribution < -0.4 is 15.2 Å². The lowest BCUT2D eigenvalue weighted by atomic mass is 10.0. The Hall–Kier alpha value is -2.99. The van der Waals surface area contributed by atoms with Crippen molar-refractivity contribution < 1.29 is 9.47 Å². The van der Waals surface area contributed by atoms with Gasteiger partial charge in [-0.15, -0.1) is 10.2 Å². The summed E-state index contributed by atoms with van der Waals surface area (Å²) in [5.41, 5.74) is 9.39. The van der Waals surface area contributed by atoms with Crippen molar-refractivity contribution in [1.29, 1.82) is 0 Å². The summed E-state index contributed by atoms with van der Waals surface area (Å²) in [4.78, 5) is 4.72. The van der Waals surface area contributed by atoms with Crippen LogP contribution >= 0.6 is 0 Å². The van der Waals surface area contributed by atoms with E-state index in [1.54, 1.807) is 14.2 Å². The van der Waals surface area contributed by atoms with Gasteiger partial charge in [0.15, 0.2) is 5.82 Å². The third-order valence-electron chi connectivity index (χ3n) is 4.20. The largest absolute Gasteiger partial charge is 0.497 e. The molecule has 3 aromatic rings. The second kappa shape index (κ2) is 7.93. The van der Waals surface area contributed by atoms with E-state index >= 15 is 0 Å². The summed E-state index contributed by atoms with van der Waals surface area (Å²) in [6, 6.07) is 15.1. The number of benzene rings is 2. The highest BCUT2D eigenvalue weighted by Crippen LogP contribution is 2.31. The maximum absolute atomic E-state index is 6.11. The Labute approximate surface area is 153 Å². The highest BCUT2D eigenvalue weighted by molar-refractivity contribution is 5.77. The normalized spacial score (nSPS) is 11.8. The standard InChI is InChI=1S/C20H22N4O2/c1-4-17(21)20-22-18(13-5-9-15(25-2)10-6-13)19(23-24-20)14-7-11-16(26-3)12-8-14/h5-12,17H,4,21H2,1-3H3. The average Bonchev–Trinajstić information content (AvgIpc) is 2.73. The van der Waals surface area contributed by atoms with Gasteiger partial charge < -0.3 is 15.2 Å². The van der Waals surface area contributed by atoms with Crippen molar-refractivity contribution in [2.75, 3.05) is 14.2 Å². The average molecular weight is 350 g/mol. The fourth-order valence-electron chi connectivity index (χ4n) is 2.57. The molecule has 2 N–H and O–H groups in total. The SMILES string of the molecule is CCC(N)c1nnc(-c2ccc(OC)cc2)c(-c2ccc(OC)cc2)n1. The van der Waals surface area contributed by atoms with Gasteiger partial charge in [-0.2, -0.15) is 0 Å². The molecule has 0 bridgehead atoms. The Morgan fingerprint density at radius 2 is 1.31 bits per heavy atom. The number of rotatable bonds is 6. The smallest absolute Gasteiger partial charge is 0.168 e. The summed E-state index contributed by atoms with van der Waals surface area (Å²) in [5.74, 6) is 2.10. The molecule has 1 heterocycles. The van der Waals surface area contributed by atoms with E-state index in [4.69, 9.17) is 20.2 Å². The van der Waals surface area contributed by atoms with E-state index in [9.17, 15) is 0 Å².